The summed E-state index contributed by atoms with van der Waals surface area (Å²) in [6.07, 6.45) is 2.17. The van der Waals surface area contributed by atoms with Gasteiger partial charge in [-0.05, 0) is 6.92 Å². The molecule has 5 N–H and O–H groups in total. The summed E-state index contributed by atoms with van der Waals surface area (Å²) in [6, 6.07) is -0.896. The maximum atomic E-state index is 11.8. The van der Waals surface area contributed by atoms with Gasteiger partial charge in [0.05, 0.1) is 18.4 Å². The van der Waals surface area contributed by atoms with Crippen LogP contribution in [0.15, 0.2) is 17.3 Å². The smallest absolute Gasteiger partial charge is 0.244 e. The Bertz CT molecular complexity index is 514. The first-order valence-corrected chi connectivity index (χ1v) is 6.41. The Hall–Kier alpha value is -1.78. The normalized spacial score (nSPS) is 12.8. The summed E-state index contributed by atoms with van der Waals surface area (Å²) in [4.78, 5) is 18.4. The van der Waals surface area contributed by atoms with Crippen molar-refractivity contribution >= 4 is 21.9 Å². The highest BCUT2D eigenvalue weighted by Gasteiger charge is 2.21. The number of hydrazine groups is 1. The third-order valence-electron chi connectivity index (χ3n) is 2.04. The summed E-state index contributed by atoms with van der Waals surface area (Å²) in [5.41, 5.74) is 2.17. The lowest BCUT2D eigenvalue weighted by Gasteiger charge is -2.12. The molecular weight excluding hydrogens is 260 g/mol. The number of nitrogens with one attached hydrogen (secondary N) is 3. The Kier molecular flexibility index (Phi) is 4.53. The van der Waals surface area contributed by atoms with Crippen molar-refractivity contribution in [3.8, 4) is 0 Å². The van der Waals surface area contributed by atoms with Crippen LogP contribution in [-0.2, 0) is 14.8 Å². The van der Waals surface area contributed by atoms with E-state index in [1.807, 2.05) is 0 Å². The summed E-state index contributed by atoms with van der Waals surface area (Å²) >= 11 is 0. The number of sulfonamides is 1. The van der Waals surface area contributed by atoms with E-state index in [9.17, 15) is 13.2 Å². The Morgan fingerprint density at radius 3 is 2.39 bits per heavy atom. The van der Waals surface area contributed by atoms with Gasteiger partial charge in [-0.1, -0.05) is 0 Å². The van der Waals surface area contributed by atoms with E-state index in [1.54, 1.807) is 0 Å². The van der Waals surface area contributed by atoms with E-state index in [0.29, 0.717) is 0 Å². The first-order chi connectivity index (χ1) is 8.40. The number of hydrogen-bond donors (Lipinski definition) is 4. The molecule has 0 saturated heterocycles. The van der Waals surface area contributed by atoms with Crippen LogP contribution >= 0.6 is 0 Å². The number of nitrogen functional groups attached to an aromatic ring is 1. The van der Waals surface area contributed by atoms with Crippen LogP contribution in [0.5, 0.6) is 0 Å². The van der Waals surface area contributed by atoms with E-state index in [0.717, 1.165) is 12.4 Å². The van der Waals surface area contributed by atoms with Crippen LogP contribution in [0.2, 0.25) is 0 Å². The molecule has 0 aliphatic carbocycles. The van der Waals surface area contributed by atoms with Crippen molar-refractivity contribution in [2.24, 2.45) is 5.84 Å². The average Bonchev–Trinajstić information content (AvgIpc) is 2.37. The quantitative estimate of drug-likeness (QED) is 0.366. The molecule has 1 heterocycles. The van der Waals surface area contributed by atoms with Gasteiger partial charge in [0.25, 0.3) is 0 Å². The second-order valence-corrected chi connectivity index (χ2v) is 5.06. The minimum Gasteiger partial charge on any atom is -0.358 e. The van der Waals surface area contributed by atoms with Crippen molar-refractivity contribution in [2.75, 3.05) is 12.5 Å². The van der Waals surface area contributed by atoms with Gasteiger partial charge in [0.1, 0.15) is 4.90 Å². The molecule has 100 valence electrons. The molecule has 1 rings (SSSR count). The molecule has 1 aromatic heterocycles. The van der Waals surface area contributed by atoms with E-state index in [2.05, 4.69) is 25.4 Å². The zero-order valence-corrected chi connectivity index (χ0v) is 10.7. The van der Waals surface area contributed by atoms with Crippen molar-refractivity contribution in [1.82, 2.24) is 20.0 Å². The number of rotatable bonds is 5. The summed E-state index contributed by atoms with van der Waals surface area (Å²) in [7, 11) is -2.43. The minimum absolute atomic E-state index is 0.0910. The number of anilines is 1. The van der Waals surface area contributed by atoms with Crippen LogP contribution in [0.4, 0.5) is 5.95 Å². The van der Waals surface area contributed by atoms with Crippen LogP contribution in [0.1, 0.15) is 6.92 Å². The number of likely N-dealkylation sites (N-methyl/N-ethyl adjacent to an activating group) is 1. The summed E-state index contributed by atoms with van der Waals surface area (Å²) in [5, 5.41) is 2.33. The van der Waals surface area contributed by atoms with Gasteiger partial charge in [0, 0.05) is 7.05 Å². The number of hydrogen-bond acceptors (Lipinski definition) is 7. The number of nitrogens with zero attached hydrogens (tertiary/aromatic N) is 2. The van der Waals surface area contributed by atoms with Crippen molar-refractivity contribution in [2.45, 2.75) is 17.9 Å². The van der Waals surface area contributed by atoms with Crippen LogP contribution in [0.3, 0.4) is 0 Å². The average molecular weight is 274 g/mol. The Balaban J connectivity index is 2.89. The highest BCUT2D eigenvalue weighted by molar-refractivity contribution is 7.89. The maximum absolute atomic E-state index is 11.8. The van der Waals surface area contributed by atoms with E-state index >= 15 is 0 Å². The topological polar surface area (TPSA) is 139 Å². The lowest BCUT2D eigenvalue weighted by Crippen LogP contribution is -2.43. The van der Waals surface area contributed by atoms with E-state index in [-0.39, 0.29) is 10.8 Å². The molecule has 0 fully saturated rings. The van der Waals surface area contributed by atoms with Gasteiger partial charge in [0.2, 0.25) is 21.9 Å². The fourth-order valence-corrected chi connectivity index (χ4v) is 2.19. The first kappa shape index (κ1) is 14.3. The molecule has 1 unspecified atom stereocenters. The molecule has 1 amide bonds. The summed E-state index contributed by atoms with van der Waals surface area (Å²) in [5.74, 6) is 4.70. The fourth-order valence-electron chi connectivity index (χ4n) is 1.10. The predicted molar refractivity (Wildman–Crippen MR) is 63.7 cm³/mol. The van der Waals surface area contributed by atoms with Crippen molar-refractivity contribution in [1.29, 1.82) is 0 Å². The van der Waals surface area contributed by atoms with Crippen LogP contribution in [0.25, 0.3) is 0 Å². The first-order valence-electron chi connectivity index (χ1n) is 4.93. The Morgan fingerprint density at radius 1 is 1.39 bits per heavy atom. The zero-order chi connectivity index (χ0) is 13.8. The monoisotopic (exact) mass is 274 g/mol. The highest BCUT2D eigenvalue weighted by atomic mass is 32.2. The summed E-state index contributed by atoms with van der Waals surface area (Å²) < 4.78 is 25.9. The van der Waals surface area contributed by atoms with Crippen molar-refractivity contribution in [3.63, 3.8) is 0 Å². The summed E-state index contributed by atoms with van der Waals surface area (Å²) in [6.45, 7) is 1.42. The van der Waals surface area contributed by atoms with Gasteiger partial charge in [-0.3, -0.25) is 10.2 Å². The molecular formula is C8H14N6O3S. The molecule has 18 heavy (non-hydrogen) atoms. The fraction of sp³-hybridized carbons (Fsp3) is 0.375. The van der Waals surface area contributed by atoms with Gasteiger partial charge >= 0.3 is 0 Å². The third-order valence-corrected chi connectivity index (χ3v) is 3.53. The molecule has 10 heteroatoms. The lowest BCUT2D eigenvalue weighted by molar-refractivity contribution is -0.121. The van der Waals surface area contributed by atoms with Gasteiger partial charge < -0.3 is 5.32 Å². The second kappa shape index (κ2) is 5.71. The number of carbonyl (C=O) groups is 1. The van der Waals surface area contributed by atoms with Crippen LogP contribution < -0.4 is 21.3 Å². The van der Waals surface area contributed by atoms with Crippen LogP contribution in [0, 0.1) is 0 Å². The zero-order valence-electron chi connectivity index (χ0n) is 9.84. The standard InChI is InChI=1S/C8H14N6O3S/c1-5(7(15)10-2)14-18(16,17)6-3-11-8(13-9)12-4-6/h3-5,14H,9H2,1-2H3,(H,10,15)(H,11,12,13). The van der Waals surface area contributed by atoms with Gasteiger partial charge in [-0.2, -0.15) is 4.72 Å². The maximum Gasteiger partial charge on any atom is 0.244 e. The van der Waals surface area contributed by atoms with E-state index in [1.165, 1.54) is 14.0 Å². The molecule has 1 aromatic rings. The van der Waals surface area contributed by atoms with E-state index in [4.69, 9.17) is 5.84 Å². The molecule has 0 spiro atoms. The van der Waals surface area contributed by atoms with Gasteiger partial charge in [-0.25, -0.2) is 24.2 Å². The minimum atomic E-state index is -3.84. The number of nitrogens with two attached hydrogens (primary N) is 1. The Morgan fingerprint density at radius 2 is 1.94 bits per heavy atom. The van der Waals surface area contributed by atoms with Crippen molar-refractivity contribution < 1.29 is 13.2 Å². The van der Waals surface area contributed by atoms with Crippen molar-refractivity contribution in [3.05, 3.63) is 12.4 Å². The molecule has 0 bridgehead atoms. The lowest BCUT2D eigenvalue weighted by atomic mass is 10.3. The molecule has 0 radical (unpaired) electrons. The second-order valence-electron chi connectivity index (χ2n) is 3.34. The van der Waals surface area contributed by atoms with Gasteiger partial charge in [0.15, 0.2) is 0 Å². The van der Waals surface area contributed by atoms with Gasteiger partial charge in [-0.15, -0.1) is 0 Å². The Labute approximate surface area is 104 Å². The molecule has 0 aromatic carbocycles. The number of amides is 1. The highest BCUT2D eigenvalue weighted by Crippen LogP contribution is 2.07. The molecule has 1 atom stereocenters. The largest absolute Gasteiger partial charge is 0.358 e. The number of aromatic nitrogens is 2. The molecule has 0 saturated carbocycles. The molecule has 0 aliphatic heterocycles. The SMILES string of the molecule is CNC(=O)C(C)NS(=O)(=O)c1cnc(NN)nc1. The molecule has 9 nitrogen and oxygen atoms in total. The van der Waals surface area contributed by atoms with Crippen LogP contribution in [-0.4, -0.2) is 37.4 Å². The predicted octanol–water partition coefficient (Wildman–Crippen LogP) is -1.82. The third kappa shape index (κ3) is 3.35. The van der Waals surface area contributed by atoms with E-state index < -0.39 is 22.0 Å². The molecule has 0 aliphatic rings. The number of carbonyl (C=O) groups excluding carboxylic acids is 1.